The summed E-state index contributed by atoms with van der Waals surface area (Å²) in [6, 6.07) is 8.75. The van der Waals surface area contributed by atoms with Crippen molar-refractivity contribution < 1.29 is 0 Å². The molecule has 0 saturated carbocycles. The van der Waals surface area contributed by atoms with Crippen LogP contribution in [0.25, 0.3) is 0 Å². The number of fused-ring (bicyclic) bond motifs is 1. The van der Waals surface area contributed by atoms with Gasteiger partial charge in [0.2, 0.25) is 0 Å². The molecule has 2 aliphatic rings. The molecule has 2 aliphatic heterocycles. The van der Waals surface area contributed by atoms with Crippen LogP contribution < -0.4 is 4.90 Å². The minimum atomic E-state index is 1.05. The molecule has 134 valence electrons. The van der Waals surface area contributed by atoms with E-state index < -0.39 is 0 Å². The predicted molar refractivity (Wildman–Crippen MR) is 105 cm³/mol. The molecule has 4 rings (SSSR count). The van der Waals surface area contributed by atoms with Crippen LogP contribution in [0.1, 0.15) is 28.6 Å². The molecule has 0 spiro atoms. The van der Waals surface area contributed by atoms with Crippen LogP contribution in [0.15, 0.2) is 24.3 Å². The van der Waals surface area contributed by atoms with Gasteiger partial charge in [-0.1, -0.05) is 31.2 Å². The van der Waals surface area contributed by atoms with Gasteiger partial charge in [0.05, 0.1) is 5.69 Å². The summed E-state index contributed by atoms with van der Waals surface area (Å²) in [5, 5.41) is 1.25. The summed E-state index contributed by atoms with van der Waals surface area (Å²) >= 11 is 1.92. The molecule has 0 amide bonds. The summed E-state index contributed by atoms with van der Waals surface area (Å²) in [7, 11) is 0. The normalized spacial score (nSPS) is 19.2. The van der Waals surface area contributed by atoms with Gasteiger partial charge in [-0.2, -0.15) is 0 Å². The number of anilines is 1. The predicted octanol–water partition coefficient (Wildman–Crippen LogP) is 3.15. The van der Waals surface area contributed by atoms with E-state index >= 15 is 0 Å². The van der Waals surface area contributed by atoms with Gasteiger partial charge < -0.3 is 9.80 Å². The second-order valence-electron chi connectivity index (χ2n) is 7.17. The van der Waals surface area contributed by atoms with Crippen LogP contribution in [0.3, 0.4) is 0 Å². The van der Waals surface area contributed by atoms with Crippen LogP contribution in [0.4, 0.5) is 5.13 Å². The zero-order chi connectivity index (χ0) is 17.2. The van der Waals surface area contributed by atoms with E-state index in [0.29, 0.717) is 0 Å². The molecule has 0 unspecified atom stereocenters. The van der Waals surface area contributed by atoms with Crippen molar-refractivity contribution in [2.45, 2.75) is 33.4 Å². The van der Waals surface area contributed by atoms with E-state index in [9.17, 15) is 0 Å². The van der Waals surface area contributed by atoms with E-state index in [1.54, 1.807) is 0 Å². The van der Waals surface area contributed by atoms with Crippen LogP contribution in [-0.4, -0.2) is 54.1 Å². The molecule has 1 fully saturated rings. The van der Waals surface area contributed by atoms with Crippen LogP contribution in [-0.2, 0) is 19.5 Å². The van der Waals surface area contributed by atoms with E-state index in [1.165, 1.54) is 39.9 Å². The molecular weight excluding hydrogens is 328 g/mol. The quantitative estimate of drug-likeness (QED) is 0.839. The summed E-state index contributed by atoms with van der Waals surface area (Å²) < 4.78 is 0. The smallest absolute Gasteiger partial charge is 0.185 e. The van der Waals surface area contributed by atoms with Crippen molar-refractivity contribution >= 4 is 16.5 Å². The first-order valence-corrected chi connectivity index (χ1v) is 10.3. The monoisotopic (exact) mass is 356 g/mol. The Morgan fingerprint density at radius 3 is 2.60 bits per heavy atom. The molecule has 4 nitrogen and oxygen atoms in total. The summed E-state index contributed by atoms with van der Waals surface area (Å²) in [6.45, 7) is 13.4. The summed E-state index contributed by atoms with van der Waals surface area (Å²) in [5.41, 5.74) is 4.19. The zero-order valence-corrected chi connectivity index (χ0v) is 16.2. The van der Waals surface area contributed by atoms with Gasteiger partial charge in [0.15, 0.2) is 5.13 Å². The first kappa shape index (κ1) is 17.0. The number of hydrogen-bond acceptors (Lipinski definition) is 5. The van der Waals surface area contributed by atoms with Gasteiger partial charge in [-0.25, -0.2) is 4.98 Å². The summed E-state index contributed by atoms with van der Waals surface area (Å²) in [6.07, 6.45) is 1.09. The highest BCUT2D eigenvalue weighted by atomic mass is 32.1. The molecule has 0 radical (unpaired) electrons. The number of piperazine rings is 1. The Labute approximate surface area is 155 Å². The van der Waals surface area contributed by atoms with Crippen molar-refractivity contribution in [2.24, 2.45) is 0 Å². The zero-order valence-electron chi connectivity index (χ0n) is 15.4. The van der Waals surface area contributed by atoms with E-state index in [4.69, 9.17) is 4.98 Å². The van der Waals surface area contributed by atoms with Crippen LogP contribution in [0, 0.1) is 6.92 Å². The number of hydrogen-bond donors (Lipinski definition) is 0. The number of rotatable bonds is 4. The van der Waals surface area contributed by atoms with Crippen molar-refractivity contribution in [3.63, 3.8) is 0 Å². The Morgan fingerprint density at radius 1 is 1.04 bits per heavy atom. The van der Waals surface area contributed by atoms with E-state index in [0.717, 1.165) is 45.7 Å². The maximum Gasteiger partial charge on any atom is 0.185 e. The maximum absolute atomic E-state index is 4.98. The average Bonchev–Trinajstić information content (AvgIpc) is 3.07. The molecule has 5 heteroatoms. The van der Waals surface area contributed by atoms with Crippen LogP contribution in [0.2, 0.25) is 0 Å². The Hall–Kier alpha value is -1.43. The SMILES string of the molecule is CCN1CCN(c2nc3c(s2)CN(Cc2ccccc2C)CC3)CC1. The van der Waals surface area contributed by atoms with Gasteiger partial charge in [-0.05, 0) is 24.6 Å². The molecule has 0 aliphatic carbocycles. The lowest BCUT2D eigenvalue weighted by Crippen LogP contribution is -2.46. The molecule has 25 heavy (non-hydrogen) atoms. The van der Waals surface area contributed by atoms with E-state index in [1.807, 2.05) is 11.3 Å². The molecule has 0 bridgehead atoms. The molecule has 0 N–H and O–H groups in total. The van der Waals surface area contributed by atoms with Crippen molar-refractivity contribution in [3.05, 3.63) is 46.0 Å². The third kappa shape index (κ3) is 3.73. The summed E-state index contributed by atoms with van der Waals surface area (Å²) in [5.74, 6) is 0. The molecular formula is C20H28N4S. The van der Waals surface area contributed by atoms with Gasteiger partial charge in [-0.15, -0.1) is 11.3 Å². The number of benzene rings is 1. The summed E-state index contributed by atoms with van der Waals surface area (Å²) in [4.78, 5) is 14.0. The lowest BCUT2D eigenvalue weighted by Gasteiger charge is -2.33. The number of thiazole rings is 1. The average molecular weight is 357 g/mol. The molecule has 2 aromatic rings. The molecule has 0 atom stereocenters. The van der Waals surface area contributed by atoms with Crippen LogP contribution in [0.5, 0.6) is 0 Å². The standard InChI is InChI=1S/C20H28N4S/c1-3-22-10-12-24(13-11-22)20-21-18-8-9-23(15-19(18)25-20)14-17-7-5-4-6-16(17)2/h4-7H,3,8-15H2,1-2H3. The lowest BCUT2D eigenvalue weighted by atomic mass is 10.1. The Balaban J connectivity index is 1.42. The molecule has 1 aromatic heterocycles. The minimum absolute atomic E-state index is 1.05. The highest BCUT2D eigenvalue weighted by Gasteiger charge is 2.24. The second kappa shape index (κ2) is 7.44. The number of nitrogens with zero attached hydrogens (tertiary/aromatic N) is 4. The van der Waals surface area contributed by atoms with E-state index in [2.05, 4.69) is 52.8 Å². The second-order valence-corrected chi connectivity index (χ2v) is 8.24. The third-order valence-electron chi connectivity index (χ3n) is 5.54. The van der Waals surface area contributed by atoms with Crippen molar-refractivity contribution in [2.75, 3.05) is 44.2 Å². The Morgan fingerprint density at radius 2 is 1.84 bits per heavy atom. The van der Waals surface area contributed by atoms with Gasteiger partial charge in [0, 0.05) is 57.1 Å². The Kier molecular flexibility index (Phi) is 5.06. The Bertz CT molecular complexity index is 718. The van der Waals surface area contributed by atoms with Crippen molar-refractivity contribution in [3.8, 4) is 0 Å². The molecule has 1 aromatic carbocycles. The van der Waals surface area contributed by atoms with Gasteiger partial charge >= 0.3 is 0 Å². The third-order valence-corrected chi connectivity index (χ3v) is 6.69. The highest BCUT2D eigenvalue weighted by molar-refractivity contribution is 7.15. The maximum atomic E-state index is 4.98. The molecule has 3 heterocycles. The fourth-order valence-electron chi connectivity index (χ4n) is 3.79. The van der Waals surface area contributed by atoms with Crippen molar-refractivity contribution in [1.29, 1.82) is 0 Å². The number of aryl methyl sites for hydroxylation is 1. The van der Waals surface area contributed by atoms with Gasteiger partial charge in [-0.3, -0.25) is 4.90 Å². The van der Waals surface area contributed by atoms with Gasteiger partial charge in [0.1, 0.15) is 0 Å². The number of aromatic nitrogens is 1. The number of likely N-dealkylation sites (N-methyl/N-ethyl adjacent to an activating group) is 1. The fourth-order valence-corrected chi connectivity index (χ4v) is 4.99. The minimum Gasteiger partial charge on any atom is -0.346 e. The van der Waals surface area contributed by atoms with Gasteiger partial charge in [0.25, 0.3) is 0 Å². The van der Waals surface area contributed by atoms with Crippen LogP contribution >= 0.6 is 11.3 Å². The first-order chi connectivity index (χ1) is 12.2. The lowest BCUT2D eigenvalue weighted by molar-refractivity contribution is 0.246. The van der Waals surface area contributed by atoms with Crippen molar-refractivity contribution in [1.82, 2.24) is 14.8 Å². The van der Waals surface area contributed by atoms with E-state index in [-0.39, 0.29) is 0 Å². The topological polar surface area (TPSA) is 22.6 Å². The largest absolute Gasteiger partial charge is 0.346 e. The fraction of sp³-hybridized carbons (Fsp3) is 0.550. The molecule has 1 saturated heterocycles. The first-order valence-electron chi connectivity index (χ1n) is 9.45. The highest BCUT2D eigenvalue weighted by Crippen LogP contribution is 2.31.